The number of fused-ring (bicyclic) bond motifs is 1. The fourth-order valence-electron chi connectivity index (χ4n) is 3.16. The van der Waals surface area contributed by atoms with Gasteiger partial charge in [-0.3, -0.25) is 4.79 Å². The number of rotatable bonds is 5. The fourth-order valence-corrected chi connectivity index (χ4v) is 3.16. The Balaban J connectivity index is 1.84. The van der Waals surface area contributed by atoms with E-state index >= 15 is 0 Å². The molecule has 22 heavy (non-hydrogen) atoms. The van der Waals surface area contributed by atoms with E-state index < -0.39 is 0 Å². The van der Waals surface area contributed by atoms with E-state index in [0.717, 1.165) is 37.8 Å². The molecule has 3 heterocycles. The number of carbonyl (C=O) groups is 1. The van der Waals surface area contributed by atoms with E-state index in [9.17, 15) is 4.79 Å². The van der Waals surface area contributed by atoms with Crippen LogP contribution in [0.2, 0.25) is 0 Å². The Morgan fingerprint density at radius 1 is 1.50 bits per heavy atom. The normalized spacial score (nSPS) is 18.3. The van der Waals surface area contributed by atoms with Gasteiger partial charge >= 0.3 is 0 Å². The number of aromatic nitrogens is 3. The van der Waals surface area contributed by atoms with E-state index in [4.69, 9.17) is 5.11 Å². The monoisotopic (exact) mass is 302 g/mol. The molecule has 0 spiro atoms. The van der Waals surface area contributed by atoms with Crippen molar-refractivity contribution >= 4 is 11.6 Å². The van der Waals surface area contributed by atoms with Crippen LogP contribution in [0.15, 0.2) is 18.5 Å². The number of nitrogens with zero attached hydrogens (tertiary/aromatic N) is 4. The van der Waals surface area contributed by atoms with Crippen molar-refractivity contribution in [1.29, 1.82) is 0 Å². The molecule has 0 bridgehead atoms. The molecule has 2 aromatic rings. The highest BCUT2D eigenvalue weighted by Crippen LogP contribution is 2.23. The van der Waals surface area contributed by atoms with Gasteiger partial charge in [0.1, 0.15) is 0 Å². The van der Waals surface area contributed by atoms with Crippen LogP contribution in [0.5, 0.6) is 0 Å². The Morgan fingerprint density at radius 3 is 3.14 bits per heavy atom. The number of aliphatic hydroxyl groups excluding tert-OH is 1. The van der Waals surface area contributed by atoms with Gasteiger partial charge in [-0.2, -0.15) is 5.10 Å². The fraction of sp³-hybridized carbons (Fsp3) is 0.562. The lowest BCUT2D eigenvalue weighted by molar-refractivity contribution is 0.0723. The standard InChI is InChI=1S/C16H22N4O2/c1-2-4-13-5-3-7-19(13)16(22)14-9-15-17-10-12(6-8-21)11-20(15)18-14/h9-11,13,21H,2-8H2,1H3/t13-/m0/s1. The van der Waals surface area contributed by atoms with Crippen LogP contribution in [0.1, 0.15) is 48.7 Å². The summed E-state index contributed by atoms with van der Waals surface area (Å²) in [5.41, 5.74) is 2.02. The Kier molecular flexibility index (Phi) is 4.38. The Morgan fingerprint density at radius 2 is 2.36 bits per heavy atom. The summed E-state index contributed by atoms with van der Waals surface area (Å²) >= 11 is 0. The van der Waals surface area contributed by atoms with Gasteiger partial charge in [-0.15, -0.1) is 0 Å². The van der Waals surface area contributed by atoms with Crippen molar-refractivity contribution in [3.63, 3.8) is 0 Å². The smallest absolute Gasteiger partial charge is 0.274 e. The predicted octanol–water partition coefficient (Wildman–Crippen LogP) is 1.67. The zero-order valence-corrected chi connectivity index (χ0v) is 12.9. The second-order valence-electron chi connectivity index (χ2n) is 5.85. The summed E-state index contributed by atoms with van der Waals surface area (Å²) in [4.78, 5) is 19.0. The molecule has 118 valence electrons. The Bertz CT molecular complexity index is 667. The minimum Gasteiger partial charge on any atom is -0.396 e. The van der Waals surface area contributed by atoms with Gasteiger partial charge in [0.2, 0.25) is 0 Å². The molecule has 6 nitrogen and oxygen atoms in total. The van der Waals surface area contributed by atoms with Crippen LogP contribution in [0.25, 0.3) is 5.65 Å². The van der Waals surface area contributed by atoms with Crippen molar-refractivity contribution in [2.75, 3.05) is 13.2 Å². The molecule has 1 aliphatic heterocycles. The molecule has 1 N–H and O–H groups in total. The summed E-state index contributed by atoms with van der Waals surface area (Å²) in [7, 11) is 0. The molecular weight excluding hydrogens is 280 g/mol. The van der Waals surface area contributed by atoms with Crippen molar-refractivity contribution in [1.82, 2.24) is 19.5 Å². The first-order valence-corrected chi connectivity index (χ1v) is 7.99. The number of hydrogen-bond acceptors (Lipinski definition) is 4. The maximum Gasteiger partial charge on any atom is 0.274 e. The first-order chi connectivity index (χ1) is 10.7. The third-order valence-electron chi connectivity index (χ3n) is 4.25. The van der Waals surface area contributed by atoms with Crippen molar-refractivity contribution in [2.24, 2.45) is 0 Å². The Hall–Kier alpha value is -1.95. The minimum atomic E-state index is 0.00478. The van der Waals surface area contributed by atoms with Gasteiger partial charge in [0, 0.05) is 37.7 Å². The molecule has 0 unspecified atom stereocenters. The molecular formula is C16H22N4O2. The Labute approximate surface area is 129 Å². The third kappa shape index (κ3) is 2.83. The number of hydrogen-bond donors (Lipinski definition) is 1. The van der Waals surface area contributed by atoms with Crippen LogP contribution >= 0.6 is 0 Å². The van der Waals surface area contributed by atoms with Crippen molar-refractivity contribution in [2.45, 2.75) is 45.1 Å². The number of likely N-dealkylation sites (tertiary alicyclic amines) is 1. The molecule has 0 radical (unpaired) electrons. The summed E-state index contributed by atoms with van der Waals surface area (Å²) in [6.45, 7) is 3.05. The molecule has 1 amide bonds. The molecule has 2 aromatic heterocycles. The summed E-state index contributed by atoms with van der Waals surface area (Å²) in [6.07, 6.45) is 8.38. The predicted molar refractivity (Wildman–Crippen MR) is 82.7 cm³/mol. The molecule has 1 aliphatic rings. The van der Waals surface area contributed by atoms with E-state index in [1.165, 1.54) is 0 Å². The second-order valence-corrected chi connectivity index (χ2v) is 5.85. The van der Waals surface area contributed by atoms with Crippen LogP contribution < -0.4 is 0 Å². The van der Waals surface area contributed by atoms with Crippen LogP contribution in [0, 0.1) is 0 Å². The van der Waals surface area contributed by atoms with Gasteiger partial charge in [-0.25, -0.2) is 9.50 Å². The highest BCUT2D eigenvalue weighted by Gasteiger charge is 2.30. The first-order valence-electron chi connectivity index (χ1n) is 7.99. The minimum absolute atomic E-state index is 0.00478. The second kappa shape index (κ2) is 6.44. The lowest BCUT2D eigenvalue weighted by Gasteiger charge is -2.23. The van der Waals surface area contributed by atoms with Gasteiger partial charge in [-0.1, -0.05) is 13.3 Å². The molecule has 0 aliphatic carbocycles. The average Bonchev–Trinajstić information content (AvgIpc) is 3.13. The molecule has 0 aromatic carbocycles. The highest BCUT2D eigenvalue weighted by molar-refractivity contribution is 5.93. The molecule has 6 heteroatoms. The summed E-state index contributed by atoms with van der Waals surface area (Å²) in [6, 6.07) is 2.09. The number of aliphatic hydroxyl groups is 1. The number of carbonyl (C=O) groups excluding carboxylic acids is 1. The number of amides is 1. The average molecular weight is 302 g/mol. The molecule has 1 fully saturated rings. The van der Waals surface area contributed by atoms with Crippen LogP contribution in [-0.4, -0.2) is 49.7 Å². The quantitative estimate of drug-likeness (QED) is 0.912. The molecule has 3 rings (SSSR count). The van der Waals surface area contributed by atoms with E-state index in [0.29, 0.717) is 23.8 Å². The van der Waals surface area contributed by atoms with Gasteiger partial charge in [0.25, 0.3) is 5.91 Å². The van der Waals surface area contributed by atoms with Crippen molar-refractivity contribution in [3.8, 4) is 0 Å². The topological polar surface area (TPSA) is 70.7 Å². The maximum absolute atomic E-state index is 12.7. The SMILES string of the molecule is CCC[C@H]1CCCN1C(=O)c1cc2ncc(CCO)cn2n1. The van der Waals surface area contributed by atoms with Crippen LogP contribution in [-0.2, 0) is 6.42 Å². The van der Waals surface area contributed by atoms with Crippen molar-refractivity contribution in [3.05, 3.63) is 29.7 Å². The van der Waals surface area contributed by atoms with E-state index in [1.807, 2.05) is 11.1 Å². The van der Waals surface area contributed by atoms with Crippen LogP contribution in [0.4, 0.5) is 0 Å². The van der Waals surface area contributed by atoms with Gasteiger partial charge in [0.15, 0.2) is 11.3 Å². The van der Waals surface area contributed by atoms with Gasteiger partial charge < -0.3 is 10.0 Å². The zero-order valence-electron chi connectivity index (χ0n) is 12.9. The van der Waals surface area contributed by atoms with Gasteiger partial charge in [-0.05, 0) is 31.2 Å². The highest BCUT2D eigenvalue weighted by atomic mass is 16.3. The zero-order chi connectivity index (χ0) is 15.5. The summed E-state index contributed by atoms with van der Waals surface area (Å²) in [5, 5.41) is 13.4. The lowest BCUT2D eigenvalue weighted by Crippen LogP contribution is -2.35. The summed E-state index contributed by atoms with van der Waals surface area (Å²) in [5.74, 6) is 0.00478. The molecule has 1 saturated heterocycles. The van der Waals surface area contributed by atoms with E-state index in [2.05, 4.69) is 17.0 Å². The largest absolute Gasteiger partial charge is 0.396 e. The van der Waals surface area contributed by atoms with Crippen LogP contribution in [0.3, 0.4) is 0 Å². The first kappa shape index (κ1) is 15.0. The summed E-state index contributed by atoms with van der Waals surface area (Å²) < 4.78 is 1.63. The third-order valence-corrected chi connectivity index (χ3v) is 4.25. The van der Waals surface area contributed by atoms with E-state index in [-0.39, 0.29) is 12.5 Å². The van der Waals surface area contributed by atoms with Crippen molar-refractivity contribution < 1.29 is 9.90 Å². The van der Waals surface area contributed by atoms with Gasteiger partial charge in [0.05, 0.1) is 0 Å². The maximum atomic E-state index is 12.7. The lowest BCUT2D eigenvalue weighted by atomic mass is 10.1. The van der Waals surface area contributed by atoms with E-state index in [1.54, 1.807) is 16.8 Å². The molecule has 0 saturated carbocycles. The molecule has 1 atom stereocenters.